The number of benzene rings is 2. The van der Waals surface area contributed by atoms with Crippen molar-refractivity contribution in [3.63, 3.8) is 0 Å². The van der Waals surface area contributed by atoms with E-state index in [1.807, 2.05) is 24.3 Å². The lowest BCUT2D eigenvalue weighted by Crippen LogP contribution is -2.09. The summed E-state index contributed by atoms with van der Waals surface area (Å²) in [6.45, 7) is 0.648. The summed E-state index contributed by atoms with van der Waals surface area (Å²) in [5.41, 5.74) is 1.49. The van der Waals surface area contributed by atoms with Crippen LogP contribution in [0, 0.1) is 11.6 Å². The first-order chi connectivity index (χ1) is 12.6. The highest BCUT2D eigenvalue weighted by molar-refractivity contribution is 5.54. The molecule has 0 radical (unpaired) electrons. The number of hydrogen-bond acceptors (Lipinski definition) is 6. The average molecular weight is 357 g/mol. The van der Waals surface area contributed by atoms with Crippen molar-refractivity contribution in [2.24, 2.45) is 0 Å². The lowest BCUT2D eigenvalue weighted by atomic mass is 10.1. The van der Waals surface area contributed by atoms with Gasteiger partial charge < -0.3 is 15.4 Å². The highest BCUT2D eigenvalue weighted by atomic mass is 19.2. The maximum Gasteiger partial charge on any atom is 0.249 e. The van der Waals surface area contributed by atoms with Gasteiger partial charge in [-0.05, 0) is 36.2 Å². The van der Waals surface area contributed by atoms with Crippen LogP contribution in [0.1, 0.15) is 5.56 Å². The van der Waals surface area contributed by atoms with E-state index in [4.69, 9.17) is 4.74 Å². The predicted octanol–water partition coefficient (Wildman–Crippen LogP) is 3.56. The average Bonchev–Trinajstić information content (AvgIpc) is 2.66. The molecule has 0 aliphatic rings. The van der Waals surface area contributed by atoms with Crippen LogP contribution >= 0.6 is 0 Å². The fourth-order valence-electron chi connectivity index (χ4n) is 2.27. The van der Waals surface area contributed by atoms with Crippen LogP contribution < -0.4 is 15.4 Å². The van der Waals surface area contributed by atoms with Gasteiger partial charge in [-0.25, -0.2) is 8.78 Å². The highest BCUT2D eigenvalue weighted by Gasteiger charge is 2.05. The normalized spacial score (nSPS) is 10.4. The van der Waals surface area contributed by atoms with Crippen LogP contribution in [-0.2, 0) is 6.42 Å². The molecule has 2 N–H and O–H groups in total. The number of nitrogens with one attached hydrogen (secondary N) is 2. The van der Waals surface area contributed by atoms with E-state index in [2.05, 4.69) is 25.8 Å². The van der Waals surface area contributed by atoms with Gasteiger partial charge in [0.1, 0.15) is 5.75 Å². The van der Waals surface area contributed by atoms with Gasteiger partial charge in [0.25, 0.3) is 0 Å². The molecular formula is C18H17F2N5O. The summed E-state index contributed by atoms with van der Waals surface area (Å²) in [7, 11) is 1.63. The molecule has 0 unspecified atom stereocenters. The number of rotatable bonds is 7. The van der Waals surface area contributed by atoms with Crippen molar-refractivity contribution >= 4 is 17.5 Å². The van der Waals surface area contributed by atoms with Crippen molar-refractivity contribution in [3.8, 4) is 5.75 Å². The van der Waals surface area contributed by atoms with Crippen LogP contribution in [0.15, 0.2) is 48.7 Å². The topological polar surface area (TPSA) is 72.0 Å². The minimum absolute atomic E-state index is 0.186. The van der Waals surface area contributed by atoms with E-state index in [1.165, 1.54) is 12.3 Å². The minimum Gasteiger partial charge on any atom is -0.497 e. The fourth-order valence-corrected chi connectivity index (χ4v) is 2.27. The number of halogens is 2. The van der Waals surface area contributed by atoms with Gasteiger partial charge in [0, 0.05) is 18.3 Å². The summed E-state index contributed by atoms with van der Waals surface area (Å²) >= 11 is 0. The predicted molar refractivity (Wildman–Crippen MR) is 94.7 cm³/mol. The van der Waals surface area contributed by atoms with Crippen molar-refractivity contribution in [3.05, 3.63) is 65.9 Å². The SMILES string of the molecule is COc1ccc(CCNc2cnnc(Nc3ccc(F)c(F)c3)n2)cc1. The molecule has 0 atom stereocenters. The molecule has 0 saturated carbocycles. The van der Waals surface area contributed by atoms with E-state index in [9.17, 15) is 8.78 Å². The molecule has 0 bridgehead atoms. The summed E-state index contributed by atoms with van der Waals surface area (Å²) in [6, 6.07) is 11.3. The van der Waals surface area contributed by atoms with Crippen LogP contribution in [-0.4, -0.2) is 28.8 Å². The van der Waals surface area contributed by atoms with Gasteiger partial charge in [0.15, 0.2) is 17.5 Å². The number of methoxy groups -OCH3 is 1. The molecule has 0 aliphatic carbocycles. The Bertz CT molecular complexity index is 874. The van der Waals surface area contributed by atoms with Crippen molar-refractivity contribution < 1.29 is 13.5 Å². The summed E-state index contributed by atoms with van der Waals surface area (Å²) in [5, 5.41) is 13.6. The van der Waals surface area contributed by atoms with E-state index >= 15 is 0 Å². The molecule has 0 spiro atoms. The van der Waals surface area contributed by atoms with Gasteiger partial charge in [-0.1, -0.05) is 12.1 Å². The van der Waals surface area contributed by atoms with Gasteiger partial charge >= 0.3 is 0 Å². The Hall–Kier alpha value is -3.29. The molecule has 0 saturated heterocycles. The molecule has 0 amide bonds. The standard InChI is InChI=1S/C18H17F2N5O/c1-26-14-5-2-12(3-6-14)8-9-21-17-11-22-25-18(24-17)23-13-4-7-15(19)16(20)10-13/h2-7,10-11H,8-9H2,1H3,(H2,21,23,24,25). The van der Waals surface area contributed by atoms with Crippen LogP contribution in [0.25, 0.3) is 0 Å². The van der Waals surface area contributed by atoms with Crippen LogP contribution in [0.5, 0.6) is 5.75 Å². The molecule has 8 heteroatoms. The number of hydrogen-bond donors (Lipinski definition) is 2. The molecule has 134 valence electrons. The van der Waals surface area contributed by atoms with Crippen LogP contribution in [0.2, 0.25) is 0 Å². The molecule has 1 heterocycles. The first kappa shape index (κ1) is 17.5. The molecule has 0 aliphatic heterocycles. The smallest absolute Gasteiger partial charge is 0.249 e. The van der Waals surface area contributed by atoms with Crippen LogP contribution in [0.4, 0.5) is 26.2 Å². The molecule has 3 rings (SSSR count). The zero-order valence-electron chi connectivity index (χ0n) is 14.0. The van der Waals surface area contributed by atoms with Gasteiger partial charge in [-0.15, -0.1) is 5.10 Å². The second-order valence-electron chi connectivity index (χ2n) is 5.44. The third-order valence-electron chi connectivity index (χ3n) is 3.61. The number of nitrogens with zero attached hydrogens (tertiary/aromatic N) is 3. The summed E-state index contributed by atoms with van der Waals surface area (Å²) in [5.74, 6) is -0.334. The second-order valence-corrected chi connectivity index (χ2v) is 5.44. The Kier molecular flexibility index (Phi) is 5.52. The Morgan fingerprint density at radius 1 is 1.04 bits per heavy atom. The fraction of sp³-hybridized carbons (Fsp3) is 0.167. The Morgan fingerprint density at radius 3 is 2.58 bits per heavy atom. The van der Waals surface area contributed by atoms with E-state index in [1.54, 1.807) is 7.11 Å². The summed E-state index contributed by atoms with van der Waals surface area (Å²) in [4.78, 5) is 4.25. The summed E-state index contributed by atoms with van der Waals surface area (Å²) in [6.07, 6.45) is 2.28. The monoisotopic (exact) mass is 357 g/mol. The maximum atomic E-state index is 13.2. The third-order valence-corrected chi connectivity index (χ3v) is 3.61. The van der Waals surface area contributed by atoms with Gasteiger partial charge in [0.2, 0.25) is 5.95 Å². The van der Waals surface area contributed by atoms with Crippen LogP contribution in [0.3, 0.4) is 0 Å². The van der Waals surface area contributed by atoms with Crippen molar-refractivity contribution in [1.29, 1.82) is 0 Å². The first-order valence-electron chi connectivity index (χ1n) is 7.92. The number of aromatic nitrogens is 3. The lowest BCUT2D eigenvalue weighted by molar-refractivity contribution is 0.414. The van der Waals surface area contributed by atoms with E-state index in [-0.39, 0.29) is 5.95 Å². The third kappa shape index (κ3) is 4.62. The number of ether oxygens (including phenoxy) is 1. The minimum atomic E-state index is -0.947. The summed E-state index contributed by atoms with van der Waals surface area (Å²) < 4.78 is 31.3. The van der Waals surface area contributed by atoms with Gasteiger partial charge in [-0.2, -0.15) is 10.1 Å². The van der Waals surface area contributed by atoms with E-state index in [0.29, 0.717) is 18.1 Å². The lowest BCUT2D eigenvalue weighted by Gasteiger charge is -2.08. The molecule has 2 aromatic carbocycles. The quantitative estimate of drug-likeness (QED) is 0.674. The highest BCUT2D eigenvalue weighted by Crippen LogP contribution is 2.17. The zero-order chi connectivity index (χ0) is 18.4. The molecule has 0 fully saturated rings. The van der Waals surface area contributed by atoms with Crippen molar-refractivity contribution in [2.75, 3.05) is 24.3 Å². The van der Waals surface area contributed by atoms with Gasteiger partial charge in [-0.3, -0.25) is 0 Å². The van der Waals surface area contributed by atoms with Crippen molar-refractivity contribution in [1.82, 2.24) is 15.2 Å². The van der Waals surface area contributed by atoms with Crippen molar-refractivity contribution in [2.45, 2.75) is 6.42 Å². The van der Waals surface area contributed by atoms with E-state index in [0.717, 1.165) is 29.9 Å². The second kappa shape index (κ2) is 8.19. The molecule has 6 nitrogen and oxygen atoms in total. The Labute approximate surface area is 149 Å². The first-order valence-corrected chi connectivity index (χ1v) is 7.92. The number of anilines is 3. The largest absolute Gasteiger partial charge is 0.497 e. The maximum absolute atomic E-state index is 13.2. The molecular weight excluding hydrogens is 340 g/mol. The van der Waals surface area contributed by atoms with E-state index < -0.39 is 11.6 Å². The Balaban J connectivity index is 1.57. The Morgan fingerprint density at radius 2 is 1.85 bits per heavy atom. The molecule has 26 heavy (non-hydrogen) atoms. The molecule has 3 aromatic rings. The van der Waals surface area contributed by atoms with Gasteiger partial charge in [0.05, 0.1) is 13.3 Å². The molecule has 1 aromatic heterocycles. The zero-order valence-corrected chi connectivity index (χ0v) is 14.0.